The van der Waals surface area contributed by atoms with Crippen molar-refractivity contribution >= 4 is 32.5 Å². The number of aryl methyl sites for hydroxylation is 1. The quantitative estimate of drug-likeness (QED) is 0.243. The molecule has 1 fully saturated rings. The van der Waals surface area contributed by atoms with Crippen LogP contribution in [0.25, 0.3) is 32.5 Å². The summed E-state index contributed by atoms with van der Waals surface area (Å²) in [5.41, 5.74) is 0.801. The first-order valence-corrected chi connectivity index (χ1v) is 11.7. The molecule has 9 heteroatoms. The molecule has 1 aromatic heterocycles. The van der Waals surface area contributed by atoms with Crippen LogP contribution in [-0.2, 0) is 11.2 Å². The third-order valence-corrected chi connectivity index (χ3v) is 6.99. The average Bonchev–Trinajstić information content (AvgIpc) is 3.17. The van der Waals surface area contributed by atoms with Gasteiger partial charge in [0.2, 0.25) is 0 Å². The van der Waals surface area contributed by atoms with Crippen LogP contribution in [0, 0.1) is 0 Å². The van der Waals surface area contributed by atoms with Crippen molar-refractivity contribution in [3.05, 3.63) is 51.9 Å². The van der Waals surface area contributed by atoms with Crippen molar-refractivity contribution in [1.82, 2.24) is 0 Å². The van der Waals surface area contributed by atoms with E-state index in [-0.39, 0.29) is 22.1 Å². The smallest absolute Gasteiger partial charge is 0.344 e. The van der Waals surface area contributed by atoms with Crippen LogP contribution in [0.4, 0.5) is 0 Å². The molecule has 5 rings (SSSR count). The number of phenols is 1. The fourth-order valence-corrected chi connectivity index (χ4v) is 5.18. The topological polar surface area (TPSA) is 139 Å². The Morgan fingerprint density at radius 2 is 1.67 bits per heavy atom. The van der Waals surface area contributed by atoms with Gasteiger partial charge in [-0.3, -0.25) is 0 Å². The van der Waals surface area contributed by atoms with Crippen molar-refractivity contribution in [2.75, 3.05) is 14.2 Å². The van der Waals surface area contributed by atoms with E-state index in [1.165, 1.54) is 33.3 Å². The lowest BCUT2D eigenvalue weighted by Gasteiger charge is -2.20. The Bertz CT molecular complexity index is 1540. The summed E-state index contributed by atoms with van der Waals surface area (Å²) < 4.78 is 23.0. The van der Waals surface area contributed by atoms with Gasteiger partial charge in [0.1, 0.15) is 47.2 Å². The standard InChI is InChI=1S/C27H28O9/c1-5-12-8-15-19(17(9-12)33-3)14-10-18(34-4)21-16(29)7-6-13(20(21)25(14)36-27(15)32)26-23(31)22(30)24(35-26)11(2)28/h6-11,22-24,26,28-31H,5H2,1-4H3/t11-,22-,23-,24+,26-/m1/s1. The molecule has 1 aliphatic heterocycles. The van der Waals surface area contributed by atoms with Crippen molar-refractivity contribution < 1.29 is 39.1 Å². The first-order chi connectivity index (χ1) is 17.2. The van der Waals surface area contributed by atoms with E-state index in [0.29, 0.717) is 39.6 Å². The number of aliphatic hydroxyl groups is 3. The van der Waals surface area contributed by atoms with E-state index in [1.807, 2.05) is 13.0 Å². The highest BCUT2D eigenvalue weighted by atomic mass is 16.6. The Labute approximate surface area is 206 Å². The van der Waals surface area contributed by atoms with Crippen LogP contribution >= 0.6 is 0 Å². The third kappa shape index (κ3) is 3.50. The largest absolute Gasteiger partial charge is 0.507 e. The predicted molar refractivity (Wildman–Crippen MR) is 133 cm³/mol. The molecule has 4 aromatic rings. The Morgan fingerprint density at radius 1 is 0.972 bits per heavy atom. The number of fused-ring (bicyclic) bond motifs is 5. The second kappa shape index (κ2) is 8.94. The van der Waals surface area contributed by atoms with E-state index in [1.54, 1.807) is 12.1 Å². The minimum atomic E-state index is -1.38. The molecular weight excluding hydrogens is 468 g/mol. The number of rotatable bonds is 5. The predicted octanol–water partition coefficient (Wildman–Crippen LogP) is 2.93. The van der Waals surface area contributed by atoms with Crippen LogP contribution in [0.2, 0.25) is 0 Å². The lowest BCUT2D eigenvalue weighted by Crippen LogP contribution is -2.36. The van der Waals surface area contributed by atoms with E-state index in [9.17, 15) is 25.2 Å². The number of methoxy groups -OCH3 is 2. The van der Waals surface area contributed by atoms with E-state index < -0.39 is 36.1 Å². The molecule has 5 atom stereocenters. The maximum atomic E-state index is 13.2. The Hall–Kier alpha value is -3.37. The third-order valence-electron chi connectivity index (χ3n) is 6.99. The summed E-state index contributed by atoms with van der Waals surface area (Å²) in [6.07, 6.45) is -5.21. The SMILES string of the molecule is CCc1cc(OC)c2c(c1)c(=O)oc1c2cc(OC)c2c(O)ccc([C@H]3O[C@@H]([C@@H](C)O)[C@H](O)[C@H]3O)c21. The number of aromatic hydroxyl groups is 1. The molecule has 0 amide bonds. The second-order valence-electron chi connectivity index (χ2n) is 9.09. The summed E-state index contributed by atoms with van der Waals surface area (Å²) in [4.78, 5) is 13.2. The van der Waals surface area contributed by atoms with Crippen LogP contribution < -0.4 is 15.1 Å². The maximum Gasteiger partial charge on any atom is 0.344 e. The van der Waals surface area contributed by atoms with E-state index in [2.05, 4.69) is 0 Å². The number of hydrogen-bond donors (Lipinski definition) is 4. The maximum absolute atomic E-state index is 13.2. The highest BCUT2D eigenvalue weighted by Crippen LogP contribution is 2.47. The molecule has 0 spiro atoms. The summed E-state index contributed by atoms with van der Waals surface area (Å²) in [6, 6.07) is 8.23. The van der Waals surface area contributed by atoms with Gasteiger partial charge in [0, 0.05) is 16.2 Å². The van der Waals surface area contributed by atoms with Crippen molar-refractivity contribution in [2.45, 2.75) is 50.8 Å². The van der Waals surface area contributed by atoms with Gasteiger partial charge in [-0.05, 0) is 48.7 Å². The minimum absolute atomic E-state index is 0.136. The summed E-state index contributed by atoms with van der Waals surface area (Å²) in [5, 5.41) is 44.1. The molecule has 190 valence electrons. The molecule has 1 aliphatic rings. The number of hydrogen-bond acceptors (Lipinski definition) is 9. The van der Waals surface area contributed by atoms with Crippen molar-refractivity contribution in [3.8, 4) is 17.2 Å². The molecule has 4 N–H and O–H groups in total. The minimum Gasteiger partial charge on any atom is -0.507 e. The van der Waals surface area contributed by atoms with Crippen molar-refractivity contribution in [2.24, 2.45) is 0 Å². The molecular formula is C27H28O9. The van der Waals surface area contributed by atoms with Crippen LogP contribution in [0.15, 0.2) is 39.5 Å². The average molecular weight is 497 g/mol. The lowest BCUT2D eigenvalue weighted by molar-refractivity contribution is -0.0586. The number of benzene rings is 3. The second-order valence-corrected chi connectivity index (χ2v) is 9.09. The highest BCUT2D eigenvalue weighted by molar-refractivity contribution is 6.19. The number of ether oxygens (including phenoxy) is 3. The molecule has 0 saturated carbocycles. The van der Waals surface area contributed by atoms with E-state index in [0.717, 1.165) is 5.56 Å². The Morgan fingerprint density at radius 3 is 2.28 bits per heavy atom. The van der Waals surface area contributed by atoms with Gasteiger partial charge in [0.25, 0.3) is 0 Å². The first-order valence-electron chi connectivity index (χ1n) is 11.7. The highest BCUT2D eigenvalue weighted by Gasteiger charge is 2.46. The zero-order chi connectivity index (χ0) is 25.9. The van der Waals surface area contributed by atoms with Gasteiger partial charge >= 0.3 is 5.63 Å². The molecule has 2 heterocycles. The molecule has 36 heavy (non-hydrogen) atoms. The zero-order valence-electron chi connectivity index (χ0n) is 20.3. The van der Waals surface area contributed by atoms with Crippen LogP contribution in [-0.4, -0.2) is 59.1 Å². The monoisotopic (exact) mass is 496 g/mol. The first kappa shape index (κ1) is 24.3. The number of aliphatic hydroxyl groups excluding tert-OH is 3. The summed E-state index contributed by atoms with van der Waals surface area (Å²) >= 11 is 0. The van der Waals surface area contributed by atoms with Crippen molar-refractivity contribution in [1.29, 1.82) is 0 Å². The van der Waals surface area contributed by atoms with E-state index >= 15 is 0 Å². The van der Waals surface area contributed by atoms with Gasteiger partial charge in [-0.15, -0.1) is 0 Å². The van der Waals surface area contributed by atoms with Gasteiger partial charge in [0.15, 0.2) is 0 Å². The molecule has 0 radical (unpaired) electrons. The lowest BCUT2D eigenvalue weighted by atomic mass is 9.92. The Balaban J connectivity index is 1.95. The molecule has 0 aliphatic carbocycles. The van der Waals surface area contributed by atoms with Gasteiger partial charge in [-0.2, -0.15) is 0 Å². The van der Waals surface area contributed by atoms with Crippen LogP contribution in [0.3, 0.4) is 0 Å². The summed E-state index contributed by atoms with van der Waals surface area (Å²) in [7, 11) is 2.97. The van der Waals surface area contributed by atoms with Gasteiger partial charge in [-0.25, -0.2) is 4.79 Å². The molecule has 9 nitrogen and oxygen atoms in total. The van der Waals surface area contributed by atoms with Crippen LogP contribution in [0.5, 0.6) is 17.2 Å². The van der Waals surface area contributed by atoms with Gasteiger partial charge in [0.05, 0.1) is 31.1 Å². The number of phenolic OH excluding ortho intramolecular Hbond substituents is 1. The van der Waals surface area contributed by atoms with Crippen molar-refractivity contribution in [3.63, 3.8) is 0 Å². The van der Waals surface area contributed by atoms with Crippen LogP contribution in [0.1, 0.15) is 31.1 Å². The normalized spacial score (nSPS) is 23.0. The molecule has 1 saturated heterocycles. The fraction of sp³-hybridized carbons (Fsp3) is 0.370. The molecule has 3 aromatic carbocycles. The van der Waals surface area contributed by atoms with Gasteiger partial charge in [-0.1, -0.05) is 13.0 Å². The molecule has 0 bridgehead atoms. The summed E-state index contributed by atoms with van der Waals surface area (Å²) in [6.45, 7) is 3.43. The fourth-order valence-electron chi connectivity index (χ4n) is 5.18. The molecule has 0 unspecified atom stereocenters. The van der Waals surface area contributed by atoms with E-state index in [4.69, 9.17) is 18.6 Å². The van der Waals surface area contributed by atoms with Gasteiger partial charge < -0.3 is 39.1 Å². The summed E-state index contributed by atoms with van der Waals surface area (Å²) in [5.74, 6) is 0.643. The zero-order valence-corrected chi connectivity index (χ0v) is 20.3. The Kier molecular flexibility index (Phi) is 6.04.